The summed E-state index contributed by atoms with van der Waals surface area (Å²) in [5.74, 6) is -1.02. The van der Waals surface area contributed by atoms with Gasteiger partial charge in [-0.25, -0.2) is 9.37 Å². The fourth-order valence-corrected chi connectivity index (χ4v) is 1.88. The summed E-state index contributed by atoms with van der Waals surface area (Å²) in [7, 11) is 0. The quantitative estimate of drug-likeness (QED) is 0.913. The first-order chi connectivity index (χ1) is 8.18. The van der Waals surface area contributed by atoms with E-state index in [9.17, 15) is 9.18 Å². The maximum atomic E-state index is 13.5. The van der Waals surface area contributed by atoms with Crippen molar-refractivity contribution in [2.45, 2.75) is 6.54 Å². The fraction of sp³-hybridized carbons (Fsp3) is 0.0909. The minimum Gasteiger partial charge on any atom is -0.347 e. The molecular weight excluding hydrogens is 289 g/mol. The molecule has 0 aliphatic heterocycles. The minimum absolute atomic E-state index is 0.00650. The van der Waals surface area contributed by atoms with Crippen molar-refractivity contribution in [3.63, 3.8) is 0 Å². The fourth-order valence-electron chi connectivity index (χ4n) is 1.36. The number of amides is 1. The Kier molecular flexibility index (Phi) is 3.53. The van der Waals surface area contributed by atoms with Crippen molar-refractivity contribution >= 4 is 21.8 Å². The number of nitrogens with one attached hydrogen (secondary N) is 2. The first-order valence-electron chi connectivity index (χ1n) is 4.88. The highest BCUT2D eigenvalue weighted by Crippen LogP contribution is 2.19. The van der Waals surface area contributed by atoms with Gasteiger partial charge in [-0.3, -0.25) is 4.79 Å². The average Bonchev–Trinajstić information content (AvgIpc) is 2.79. The number of hydrogen-bond acceptors (Lipinski definition) is 2. The van der Waals surface area contributed by atoms with E-state index in [4.69, 9.17) is 0 Å². The number of hydrogen-bond donors (Lipinski definition) is 2. The zero-order valence-corrected chi connectivity index (χ0v) is 10.3. The van der Waals surface area contributed by atoms with E-state index in [1.807, 2.05) is 0 Å². The molecule has 0 saturated heterocycles. The second-order valence-corrected chi connectivity index (χ2v) is 4.21. The van der Waals surface area contributed by atoms with Gasteiger partial charge < -0.3 is 10.3 Å². The summed E-state index contributed by atoms with van der Waals surface area (Å²) in [5.41, 5.74) is 0.762. The van der Waals surface area contributed by atoms with Crippen LogP contribution in [0.2, 0.25) is 0 Å². The number of benzene rings is 1. The van der Waals surface area contributed by atoms with Gasteiger partial charge in [0.15, 0.2) is 0 Å². The van der Waals surface area contributed by atoms with Crippen LogP contribution in [-0.2, 0) is 6.54 Å². The minimum atomic E-state index is -0.554. The lowest BCUT2D eigenvalue weighted by molar-refractivity contribution is 0.0945. The standard InChI is InChI=1S/C11H9BrFN3O/c12-8-2-1-3-9(13)10(8)11(17)15-5-7-4-14-6-16-7/h1-4,6H,5H2,(H,14,16)(H,15,17). The second-order valence-electron chi connectivity index (χ2n) is 3.36. The van der Waals surface area contributed by atoms with E-state index in [1.54, 1.807) is 12.3 Å². The Labute approximate surface area is 105 Å². The van der Waals surface area contributed by atoms with Crippen LogP contribution in [0.4, 0.5) is 4.39 Å². The summed E-state index contributed by atoms with van der Waals surface area (Å²) in [6.45, 7) is 0.277. The summed E-state index contributed by atoms with van der Waals surface area (Å²) in [6.07, 6.45) is 3.11. The molecule has 0 spiro atoms. The Balaban J connectivity index is 2.10. The van der Waals surface area contributed by atoms with Crippen LogP contribution in [0.1, 0.15) is 16.1 Å². The van der Waals surface area contributed by atoms with E-state index in [2.05, 4.69) is 31.2 Å². The molecule has 0 fully saturated rings. The lowest BCUT2D eigenvalue weighted by Crippen LogP contribution is -2.24. The van der Waals surface area contributed by atoms with Gasteiger partial charge in [-0.2, -0.15) is 0 Å². The molecule has 88 valence electrons. The summed E-state index contributed by atoms with van der Waals surface area (Å²) < 4.78 is 13.9. The van der Waals surface area contributed by atoms with Crippen molar-refractivity contribution < 1.29 is 9.18 Å². The highest BCUT2D eigenvalue weighted by atomic mass is 79.9. The van der Waals surface area contributed by atoms with Crippen molar-refractivity contribution in [1.29, 1.82) is 0 Å². The maximum absolute atomic E-state index is 13.5. The van der Waals surface area contributed by atoms with Crippen LogP contribution < -0.4 is 5.32 Å². The Morgan fingerprint density at radius 2 is 2.35 bits per heavy atom. The third-order valence-electron chi connectivity index (χ3n) is 2.18. The van der Waals surface area contributed by atoms with E-state index in [0.29, 0.717) is 4.47 Å². The normalized spacial score (nSPS) is 10.2. The van der Waals surface area contributed by atoms with Crippen molar-refractivity contribution in [2.24, 2.45) is 0 Å². The number of H-pyrrole nitrogens is 1. The predicted octanol–water partition coefficient (Wildman–Crippen LogP) is 2.24. The van der Waals surface area contributed by atoms with E-state index in [1.165, 1.54) is 18.5 Å². The third kappa shape index (κ3) is 2.71. The highest BCUT2D eigenvalue weighted by Gasteiger charge is 2.14. The zero-order valence-electron chi connectivity index (χ0n) is 8.71. The van der Waals surface area contributed by atoms with Crippen LogP contribution in [0.25, 0.3) is 0 Å². The number of nitrogens with zero attached hydrogens (tertiary/aromatic N) is 1. The highest BCUT2D eigenvalue weighted by molar-refractivity contribution is 9.10. The van der Waals surface area contributed by atoms with Crippen molar-refractivity contribution in [2.75, 3.05) is 0 Å². The van der Waals surface area contributed by atoms with Crippen molar-refractivity contribution in [1.82, 2.24) is 15.3 Å². The molecule has 0 unspecified atom stereocenters. The molecule has 2 rings (SSSR count). The largest absolute Gasteiger partial charge is 0.347 e. The average molecular weight is 298 g/mol. The van der Waals surface area contributed by atoms with E-state index in [0.717, 1.165) is 5.69 Å². The maximum Gasteiger partial charge on any atom is 0.255 e. The summed E-state index contributed by atoms with van der Waals surface area (Å²) in [6, 6.07) is 4.40. The van der Waals surface area contributed by atoms with Gasteiger partial charge in [-0.05, 0) is 28.1 Å². The SMILES string of the molecule is O=C(NCc1cnc[nH]1)c1c(F)cccc1Br. The van der Waals surface area contributed by atoms with Crippen molar-refractivity contribution in [3.05, 3.63) is 52.3 Å². The third-order valence-corrected chi connectivity index (χ3v) is 2.84. The second kappa shape index (κ2) is 5.09. The Morgan fingerprint density at radius 3 is 3.00 bits per heavy atom. The Bertz CT molecular complexity index is 507. The molecule has 0 saturated carbocycles. The molecule has 17 heavy (non-hydrogen) atoms. The smallest absolute Gasteiger partial charge is 0.255 e. The molecule has 0 aliphatic rings. The van der Waals surface area contributed by atoms with Gasteiger partial charge in [0.2, 0.25) is 0 Å². The van der Waals surface area contributed by atoms with Gasteiger partial charge in [0.25, 0.3) is 5.91 Å². The molecule has 6 heteroatoms. The van der Waals surface area contributed by atoms with Crippen LogP contribution >= 0.6 is 15.9 Å². The molecule has 1 heterocycles. The van der Waals surface area contributed by atoms with E-state index in [-0.39, 0.29) is 12.1 Å². The molecular formula is C11H9BrFN3O. The van der Waals surface area contributed by atoms with Crippen LogP contribution in [0.3, 0.4) is 0 Å². The number of carbonyl (C=O) groups excluding carboxylic acids is 1. The summed E-state index contributed by atoms with van der Waals surface area (Å²) in [5, 5.41) is 2.60. The lowest BCUT2D eigenvalue weighted by atomic mass is 10.2. The zero-order chi connectivity index (χ0) is 12.3. The van der Waals surface area contributed by atoms with Gasteiger partial charge in [-0.1, -0.05) is 6.07 Å². The Hall–Kier alpha value is -1.69. The number of aromatic amines is 1. The predicted molar refractivity (Wildman–Crippen MR) is 63.9 cm³/mol. The molecule has 1 amide bonds. The first kappa shape index (κ1) is 11.8. The Morgan fingerprint density at radius 1 is 1.53 bits per heavy atom. The van der Waals surface area contributed by atoms with Gasteiger partial charge in [0, 0.05) is 10.7 Å². The number of halogens is 2. The first-order valence-corrected chi connectivity index (χ1v) is 5.67. The molecule has 2 N–H and O–H groups in total. The topological polar surface area (TPSA) is 57.8 Å². The van der Waals surface area contributed by atoms with Crippen LogP contribution in [0.15, 0.2) is 35.2 Å². The monoisotopic (exact) mass is 297 g/mol. The summed E-state index contributed by atoms with van der Waals surface area (Å²) >= 11 is 3.15. The van der Waals surface area contributed by atoms with Crippen LogP contribution in [0.5, 0.6) is 0 Å². The van der Waals surface area contributed by atoms with Gasteiger partial charge in [0.05, 0.1) is 24.1 Å². The molecule has 0 bridgehead atoms. The molecule has 2 aromatic rings. The number of carbonyl (C=O) groups is 1. The van der Waals surface area contributed by atoms with Gasteiger partial charge >= 0.3 is 0 Å². The number of aromatic nitrogens is 2. The molecule has 1 aromatic heterocycles. The van der Waals surface area contributed by atoms with Gasteiger partial charge in [0.1, 0.15) is 5.82 Å². The molecule has 4 nitrogen and oxygen atoms in total. The molecule has 0 atom stereocenters. The molecule has 0 aliphatic carbocycles. The molecule has 1 aromatic carbocycles. The molecule has 0 radical (unpaired) electrons. The number of rotatable bonds is 3. The number of imidazole rings is 1. The summed E-state index contributed by atoms with van der Waals surface area (Å²) in [4.78, 5) is 18.4. The van der Waals surface area contributed by atoms with E-state index >= 15 is 0 Å². The van der Waals surface area contributed by atoms with E-state index < -0.39 is 11.7 Å². The lowest BCUT2D eigenvalue weighted by Gasteiger charge is -2.06. The van der Waals surface area contributed by atoms with Crippen molar-refractivity contribution in [3.8, 4) is 0 Å². The van der Waals surface area contributed by atoms with Gasteiger partial charge in [-0.15, -0.1) is 0 Å². The van der Waals surface area contributed by atoms with Crippen LogP contribution in [0, 0.1) is 5.82 Å². The van der Waals surface area contributed by atoms with Crippen LogP contribution in [-0.4, -0.2) is 15.9 Å².